The molecule has 1 aliphatic rings. The largest absolute Gasteiger partial charge is 0.493 e. The molecule has 0 unspecified atom stereocenters. The first-order valence-electron chi connectivity index (χ1n) is 9.96. The first-order chi connectivity index (χ1) is 15.4. The van der Waals surface area contributed by atoms with Gasteiger partial charge in [0.05, 0.1) is 20.3 Å². The predicted octanol–water partition coefficient (Wildman–Crippen LogP) is 2.70. The van der Waals surface area contributed by atoms with E-state index in [0.717, 1.165) is 0 Å². The smallest absolute Gasteiger partial charge is 0.363 e. The third kappa shape index (κ3) is 5.37. The number of rotatable bonds is 10. The van der Waals surface area contributed by atoms with Crippen LogP contribution >= 0.6 is 0 Å². The molecular formula is C23H24N2O7. The van der Waals surface area contributed by atoms with Crippen molar-refractivity contribution in [3.63, 3.8) is 0 Å². The van der Waals surface area contributed by atoms with Gasteiger partial charge in [-0.25, -0.2) is 9.79 Å². The van der Waals surface area contributed by atoms with Crippen LogP contribution in [-0.2, 0) is 14.3 Å². The first-order valence-corrected chi connectivity index (χ1v) is 9.96. The molecule has 0 aromatic heterocycles. The van der Waals surface area contributed by atoms with E-state index in [2.05, 4.69) is 4.99 Å². The zero-order valence-electron chi connectivity index (χ0n) is 18.0. The number of benzene rings is 2. The standard InChI is InChI=1S/C23H24N2O7/c1-4-29-18-9-7-15(12-20(18)30-5-2)22-25-16(23(27)32-22)10-14-6-8-17(19(11-14)28-3)31-13-21(24)26/h6-12H,4-5,13H2,1-3H3,(H2,24,26). The third-order valence-electron chi connectivity index (χ3n) is 4.27. The van der Waals surface area contributed by atoms with Gasteiger partial charge in [0.2, 0.25) is 5.90 Å². The van der Waals surface area contributed by atoms with Gasteiger partial charge in [-0.15, -0.1) is 0 Å². The van der Waals surface area contributed by atoms with Gasteiger partial charge in [-0.1, -0.05) is 6.07 Å². The van der Waals surface area contributed by atoms with Crippen LogP contribution < -0.4 is 24.7 Å². The Balaban J connectivity index is 1.87. The zero-order valence-corrected chi connectivity index (χ0v) is 18.0. The second kappa shape index (κ2) is 10.3. The van der Waals surface area contributed by atoms with E-state index < -0.39 is 11.9 Å². The molecule has 2 aromatic rings. The zero-order chi connectivity index (χ0) is 23.1. The molecule has 9 nitrogen and oxygen atoms in total. The van der Waals surface area contributed by atoms with Gasteiger partial charge >= 0.3 is 5.97 Å². The predicted molar refractivity (Wildman–Crippen MR) is 117 cm³/mol. The second-order valence-corrected chi connectivity index (χ2v) is 6.53. The van der Waals surface area contributed by atoms with Gasteiger partial charge in [-0.05, 0) is 55.8 Å². The Labute approximate surface area is 185 Å². The molecule has 1 aliphatic heterocycles. The number of hydrogen-bond acceptors (Lipinski definition) is 8. The topological polar surface area (TPSA) is 119 Å². The molecule has 3 rings (SSSR count). The SMILES string of the molecule is CCOc1ccc(C2=NC(=Cc3ccc(OCC(N)=O)c(OC)c3)C(=O)O2)cc1OCC. The van der Waals surface area contributed by atoms with E-state index in [4.69, 9.17) is 29.4 Å². The van der Waals surface area contributed by atoms with Crippen molar-refractivity contribution in [1.29, 1.82) is 0 Å². The number of aliphatic imine (C=N–C) groups is 1. The van der Waals surface area contributed by atoms with Crippen molar-refractivity contribution in [3.05, 3.63) is 53.2 Å². The maximum Gasteiger partial charge on any atom is 0.363 e. The summed E-state index contributed by atoms with van der Waals surface area (Å²) in [5, 5.41) is 0. The average molecular weight is 440 g/mol. The molecule has 0 saturated carbocycles. The maximum absolute atomic E-state index is 12.4. The molecule has 0 aliphatic carbocycles. The Bertz CT molecular complexity index is 1080. The van der Waals surface area contributed by atoms with Crippen molar-refractivity contribution in [2.24, 2.45) is 10.7 Å². The van der Waals surface area contributed by atoms with Crippen molar-refractivity contribution >= 4 is 23.9 Å². The lowest BCUT2D eigenvalue weighted by Gasteiger charge is -2.11. The molecule has 0 radical (unpaired) electrons. The minimum atomic E-state index is -0.601. The number of methoxy groups -OCH3 is 1. The van der Waals surface area contributed by atoms with Crippen LogP contribution in [-0.4, -0.2) is 44.7 Å². The number of hydrogen-bond donors (Lipinski definition) is 1. The number of nitrogens with two attached hydrogens (primary N) is 1. The Morgan fingerprint density at radius 2 is 1.69 bits per heavy atom. The van der Waals surface area contributed by atoms with Crippen molar-refractivity contribution in [1.82, 2.24) is 0 Å². The average Bonchev–Trinajstić information content (AvgIpc) is 3.14. The lowest BCUT2D eigenvalue weighted by Crippen LogP contribution is -2.20. The van der Waals surface area contributed by atoms with Crippen LogP contribution in [0, 0.1) is 0 Å². The Morgan fingerprint density at radius 1 is 1.00 bits per heavy atom. The molecular weight excluding hydrogens is 416 g/mol. The summed E-state index contributed by atoms with van der Waals surface area (Å²) < 4.78 is 27.1. The third-order valence-corrected chi connectivity index (χ3v) is 4.27. The normalized spacial score (nSPS) is 14.0. The van der Waals surface area contributed by atoms with Gasteiger partial charge in [0.15, 0.2) is 35.3 Å². The van der Waals surface area contributed by atoms with E-state index in [1.807, 2.05) is 13.8 Å². The summed E-state index contributed by atoms with van der Waals surface area (Å²) in [6, 6.07) is 10.2. The molecule has 0 saturated heterocycles. The fourth-order valence-corrected chi connectivity index (χ4v) is 2.92. The molecule has 0 bridgehead atoms. The Hall–Kier alpha value is -4.01. The van der Waals surface area contributed by atoms with E-state index in [1.54, 1.807) is 42.5 Å². The lowest BCUT2D eigenvalue weighted by atomic mass is 10.1. The highest BCUT2D eigenvalue weighted by Gasteiger charge is 2.25. The number of carbonyl (C=O) groups excluding carboxylic acids is 2. The number of cyclic esters (lactones) is 1. The van der Waals surface area contributed by atoms with Crippen LogP contribution in [0.1, 0.15) is 25.0 Å². The van der Waals surface area contributed by atoms with Gasteiger partial charge in [0.25, 0.3) is 5.91 Å². The minimum absolute atomic E-state index is 0.125. The number of esters is 1. The summed E-state index contributed by atoms with van der Waals surface area (Å²) in [4.78, 5) is 27.6. The number of amides is 1. The minimum Gasteiger partial charge on any atom is -0.493 e. The molecule has 1 heterocycles. The molecule has 0 fully saturated rings. The molecule has 2 aromatic carbocycles. The van der Waals surface area contributed by atoms with Crippen LogP contribution in [0.25, 0.3) is 6.08 Å². The van der Waals surface area contributed by atoms with Crippen molar-refractivity contribution in [3.8, 4) is 23.0 Å². The van der Waals surface area contributed by atoms with Gasteiger partial charge in [0, 0.05) is 5.56 Å². The summed E-state index contributed by atoms with van der Waals surface area (Å²) in [5.41, 5.74) is 6.44. The Kier molecular flexibility index (Phi) is 7.33. The summed E-state index contributed by atoms with van der Waals surface area (Å²) in [6.07, 6.45) is 1.56. The van der Waals surface area contributed by atoms with Gasteiger partial charge in [0.1, 0.15) is 0 Å². The van der Waals surface area contributed by atoms with E-state index in [9.17, 15) is 9.59 Å². The van der Waals surface area contributed by atoms with Gasteiger partial charge in [-0.3, -0.25) is 4.79 Å². The number of ether oxygens (including phenoxy) is 5. The van der Waals surface area contributed by atoms with Crippen molar-refractivity contribution < 1.29 is 33.3 Å². The summed E-state index contributed by atoms with van der Waals surface area (Å²) >= 11 is 0. The summed E-state index contributed by atoms with van der Waals surface area (Å²) in [5.74, 6) is 0.853. The molecule has 1 amide bonds. The fraction of sp³-hybridized carbons (Fsp3) is 0.261. The quantitative estimate of drug-likeness (QED) is 0.446. The molecule has 168 valence electrons. The number of carbonyl (C=O) groups is 2. The summed E-state index contributed by atoms with van der Waals surface area (Å²) in [6.45, 7) is 4.44. The van der Waals surface area contributed by atoms with Crippen molar-refractivity contribution in [2.45, 2.75) is 13.8 Å². The van der Waals surface area contributed by atoms with Crippen molar-refractivity contribution in [2.75, 3.05) is 26.9 Å². The van der Waals surface area contributed by atoms with E-state index >= 15 is 0 Å². The second-order valence-electron chi connectivity index (χ2n) is 6.53. The van der Waals surface area contributed by atoms with Crippen LogP contribution in [0.4, 0.5) is 0 Å². The lowest BCUT2D eigenvalue weighted by molar-refractivity contribution is -0.130. The molecule has 0 spiro atoms. The van der Waals surface area contributed by atoms with E-state index in [0.29, 0.717) is 47.3 Å². The highest BCUT2D eigenvalue weighted by molar-refractivity contribution is 6.13. The molecule has 0 atom stereocenters. The monoisotopic (exact) mass is 440 g/mol. The van der Waals surface area contributed by atoms with Crippen LogP contribution in [0.15, 0.2) is 47.1 Å². The number of nitrogens with zero attached hydrogens (tertiary/aromatic N) is 1. The first kappa shape index (κ1) is 22.7. The van der Waals surface area contributed by atoms with Crippen LogP contribution in [0.3, 0.4) is 0 Å². The molecule has 9 heteroatoms. The fourth-order valence-electron chi connectivity index (χ4n) is 2.92. The molecule has 2 N–H and O–H groups in total. The maximum atomic E-state index is 12.4. The summed E-state index contributed by atoms with van der Waals surface area (Å²) in [7, 11) is 1.46. The Morgan fingerprint density at radius 3 is 2.38 bits per heavy atom. The highest BCUT2D eigenvalue weighted by Crippen LogP contribution is 2.32. The number of primary amides is 1. The van der Waals surface area contributed by atoms with Gasteiger partial charge < -0.3 is 29.4 Å². The molecule has 32 heavy (non-hydrogen) atoms. The van der Waals surface area contributed by atoms with Crippen LogP contribution in [0.2, 0.25) is 0 Å². The highest BCUT2D eigenvalue weighted by atomic mass is 16.6. The van der Waals surface area contributed by atoms with Gasteiger partial charge in [-0.2, -0.15) is 0 Å². The van der Waals surface area contributed by atoms with Crippen LogP contribution in [0.5, 0.6) is 23.0 Å². The van der Waals surface area contributed by atoms with E-state index in [-0.39, 0.29) is 18.2 Å². The van der Waals surface area contributed by atoms with E-state index in [1.165, 1.54) is 7.11 Å².